The molecule has 0 aliphatic heterocycles. The predicted octanol–water partition coefficient (Wildman–Crippen LogP) is -0.518. The van der Waals surface area contributed by atoms with Gasteiger partial charge in [0.15, 0.2) is 4.90 Å². The van der Waals surface area contributed by atoms with E-state index in [-0.39, 0.29) is 0 Å². The number of aliphatic hydroxyl groups is 1. The molecule has 0 radical (unpaired) electrons. The lowest BCUT2D eigenvalue weighted by atomic mass is 10.3. The highest BCUT2D eigenvalue weighted by Gasteiger charge is 2.27. The molecule has 4 N–H and O–H groups in total. The second kappa shape index (κ2) is 6.26. The highest BCUT2D eigenvalue weighted by Crippen LogP contribution is 2.26. The van der Waals surface area contributed by atoms with Crippen molar-refractivity contribution in [1.29, 1.82) is 0 Å². The SMILES string of the molecule is NC(=O)C(O)CNS(=O)(=O)c1cc(Br)ccc1[N+](=O)[O-]. The number of hydrogen-bond acceptors (Lipinski definition) is 6. The van der Waals surface area contributed by atoms with Crippen molar-refractivity contribution in [2.75, 3.05) is 6.54 Å². The molecule has 1 aromatic carbocycles. The van der Waals surface area contributed by atoms with E-state index in [1.807, 2.05) is 4.72 Å². The van der Waals surface area contributed by atoms with Gasteiger partial charge in [-0.1, -0.05) is 15.9 Å². The van der Waals surface area contributed by atoms with E-state index >= 15 is 0 Å². The monoisotopic (exact) mass is 367 g/mol. The summed E-state index contributed by atoms with van der Waals surface area (Å²) in [6.07, 6.45) is -1.73. The third-order valence-electron chi connectivity index (χ3n) is 2.20. The second-order valence-corrected chi connectivity index (χ2v) is 6.29. The Hall–Kier alpha value is -1.56. The Balaban J connectivity index is 3.12. The van der Waals surface area contributed by atoms with Gasteiger partial charge in [-0.05, 0) is 12.1 Å². The smallest absolute Gasteiger partial charge is 0.289 e. The van der Waals surface area contributed by atoms with E-state index in [0.717, 1.165) is 12.1 Å². The summed E-state index contributed by atoms with van der Waals surface area (Å²) >= 11 is 3.00. The number of nitrogens with two attached hydrogens (primary N) is 1. The molecule has 0 heterocycles. The average Bonchev–Trinajstić information content (AvgIpc) is 2.35. The quantitative estimate of drug-likeness (QED) is 0.454. The lowest BCUT2D eigenvalue weighted by Crippen LogP contribution is -2.40. The summed E-state index contributed by atoms with van der Waals surface area (Å²) in [5.74, 6) is -1.11. The van der Waals surface area contributed by atoms with Crippen molar-refractivity contribution >= 4 is 37.5 Å². The molecule has 0 fully saturated rings. The maximum Gasteiger partial charge on any atom is 0.289 e. The van der Waals surface area contributed by atoms with Crippen LogP contribution in [0.2, 0.25) is 0 Å². The Morgan fingerprint density at radius 1 is 1.55 bits per heavy atom. The van der Waals surface area contributed by atoms with Crippen LogP contribution in [0.25, 0.3) is 0 Å². The van der Waals surface area contributed by atoms with Gasteiger partial charge in [0.2, 0.25) is 15.9 Å². The average molecular weight is 368 g/mol. The number of amides is 1. The van der Waals surface area contributed by atoms with Crippen LogP contribution < -0.4 is 10.5 Å². The third kappa shape index (κ3) is 3.96. The number of carbonyl (C=O) groups excluding carboxylic acids is 1. The molecule has 0 spiro atoms. The number of carbonyl (C=O) groups is 1. The fraction of sp³-hybridized carbons (Fsp3) is 0.222. The number of rotatable bonds is 6. The van der Waals surface area contributed by atoms with Gasteiger partial charge in [0.25, 0.3) is 5.69 Å². The highest BCUT2D eigenvalue weighted by atomic mass is 79.9. The molecule has 0 aromatic heterocycles. The molecule has 1 aromatic rings. The summed E-state index contributed by atoms with van der Waals surface area (Å²) in [5, 5.41) is 19.9. The van der Waals surface area contributed by atoms with Crippen LogP contribution in [-0.4, -0.2) is 37.0 Å². The van der Waals surface area contributed by atoms with Gasteiger partial charge in [-0.2, -0.15) is 0 Å². The number of benzene rings is 1. The second-order valence-electron chi connectivity index (χ2n) is 3.64. The van der Waals surface area contributed by atoms with Crippen LogP contribution in [-0.2, 0) is 14.8 Å². The molecular formula is C9H10BrN3O6S. The molecule has 9 nitrogen and oxygen atoms in total. The van der Waals surface area contributed by atoms with Crippen molar-refractivity contribution in [3.05, 3.63) is 32.8 Å². The van der Waals surface area contributed by atoms with E-state index in [1.165, 1.54) is 6.07 Å². The Kier molecular flexibility index (Phi) is 5.16. The van der Waals surface area contributed by atoms with Gasteiger partial charge in [-0.3, -0.25) is 14.9 Å². The number of nitro benzene ring substituents is 1. The first-order valence-corrected chi connectivity index (χ1v) is 7.33. The van der Waals surface area contributed by atoms with Crippen LogP contribution >= 0.6 is 15.9 Å². The number of nitrogens with zero attached hydrogens (tertiary/aromatic N) is 1. The fourth-order valence-electron chi connectivity index (χ4n) is 1.22. The van der Waals surface area contributed by atoms with E-state index < -0.39 is 44.1 Å². The lowest BCUT2D eigenvalue weighted by Gasteiger charge is -2.10. The van der Waals surface area contributed by atoms with Gasteiger partial charge >= 0.3 is 0 Å². The first-order valence-electron chi connectivity index (χ1n) is 5.06. The third-order valence-corrected chi connectivity index (χ3v) is 4.15. The first-order chi connectivity index (χ1) is 9.15. The van der Waals surface area contributed by atoms with Crippen molar-refractivity contribution in [2.24, 2.45) is 5.73 Å². The van der Waals surface area contributed by atoms with Gasteiger partial charge in [0, 0.05) is 17.1 Å². The number of sulfonamides is 1. The Morgan fingerprint density at radius 3 is 2.65 bits per heavy atom. The van der Waals surface area contributed by atoms with Crippen LogP contribution in [0.5, 0.6) is 0 Å². The molecular weight excluding hydrogens is 358 g/mol. The Bertz CT molecular complexity index is 647. The van der Waals surface area contributed by atoms with Crippen LogP contribution in [0.4, 0.5) is 5.69 Å². The molecule has 110 valence electrons. The number of nitro groups is 1. The topological polar surface area (TPSA) is 153 Å². The van der Waals surface area contributed by atoms with E-state index in [9.17, 15) is 23.3 Å². The van der Waals surface area contributed by atoms with E-state index in [0.29, 0.717) is 4.47 Å². The normalized spacial score (nSPS) is 12.9. The highest BCUT2D eigenvalue weighted by molar-refractivity contribution is 9.10. The van der Waals surface area contributed by atoms with Crippen LogP contribution in [0.1, 0.15) is 0 Å². The summed E-state index contributed by atoms with van der Waals surface area (Å²) < 4.78 is 26.1. The zero-order valence-electron chi connectivity index (χ0n) is 9.82. The number of halogens is 1. The number of hydrogen-bond donors (Lipinski definition) is 3. The Labute approximate surface area is 122 Å². The summed E-state index contributed by atoms with van der Waals surface area (Å²) in [5.41, 5.74) is 4.14. The standard InChI is InChI=1S/C9H10BrN3O6S/c10-5-1-2-6(13(16)17)8(3-5)20(18,19)12-4-7(14)9(11)15/h1-3,7,12,14H,4H2,(H2,11,15). The van der Waals surface area contributed by atoms with Crippen molar-refractivity contribution in [1.82, 2.24) is 4.72 Å². The van der Waals surface area contributed by atoms with Gasteiger partial charge in [-0.25, -0.2) is 13.1 Å². The van der Waals surface area contributed by atoms with Gasteiger partial charge in [0.05, 0.1) is 4.92 Å². The number of aliphatic hydroxyl groups excluding tert-OH is 1. The van der Waals surface area contributed by atoms with Gasteiger partial charge < -0.3 is 10.8 Å². The summed E-state index contributed by atoms with van der Waals surface area (Å²) in [6, 6.07) is 3.37. The Morgan fingerprint density at radius 2 is 2.15 bits per heavy atom. The van der Waals surface area contributed by atoms with E-state index in [2.05, 4.69) is 15.9 Å². The molecule has 1 amide bonds. The van der Waals surface area contributed by atoms with Crippen LogP contribution in [0.15, 0.2) is 27.6 Å². The van der Waals surface area contributed by atoms with Crippen molar-refractivity contribution < 1.29 is 23.2 Å². The van der Waals surface area contributed by atoms with E-state index in [1.54, 1.807) is 0 Å². The van der Waals surface area contributed by atoms with Crippen molar-refractivity contribution in [3.63, 3.8) is 0 Å². The summed E-state index contributed by atoms with van der Waals surface area (Å²) in [7, 11) is -4.28. The molecule has 0 saturated carbocycles. The van der Waals surface area contributed by atoms with Crippen molar-refractivity contribution in [2.45, 2.75) is 11.0 Å². The molecule has 20 heavy (non-hydrogen) atoms. The van der Waals surface area contributed by atoms with Crippen LogP contribution in [0, 0.1) is 10.1 Å². The minimum Gasteiger partial charge on any atom is -0.382 e. The zero-order chi connectivity index (χ0) is 15.5. The molecule has 0 aliphatic carbocycles. The minimum absolute atomic E-state index is 0.318. The lowest BCUT2D eigenvalue weighted by molar-refractivity contribution is -0.387. The van der Waals surface area contributed by atoms with E-state index in [4.69, 9.17) is 10.8 Å². The van der Waals surface area contributed by atoms with Crippen molar-refractivity contribution in [3.8, 4) is 0 Å². The molecule has 11 heteroatoms. The minimum atomic E-state index is -4.28. The molecule has 0 aliphatic rings. The first kappa shape index (κ1) is 16.5. The number of nitrogens with one attached hydrogen (secondary N) is 1. The zero-order valence-corrected chi connectivity index (χ0v) is 12.2. The fourth-order valence-corrected chi connectivity index (χ4v) is 2.97. The summed E-state index contributed by atoms with van der Waals surface area (Å²) in [6.45, 7) is -0.679. The molecule has 1 unspecified atom stereocenters. The number of primary amides is 1. The van der Waals surface area contributed by atoms with Gasteiger partial charge in [0.1, 0.15) is 6.10 Å². The maximum absolute atomic E-state index is 11.9. The summed E-state index contributed by atoms with van der Waals surface area (Å²) in [4.78, 5) is 20.0. The van der Waals surface area contributed by atoms with Crippen LogP contribution in [0.3, 0.4) is 0 Å². The predicted molar refractivity (Wildman–Crippen MR) is 71.2 cm³/mol. The molecule has 0 bridgehead atoms. The molecule has 1 atom stereocenters. The molecule has 1 rings (SSSR count). The molecule has 0 saturated heterocycles. The van der Waals surface area contributed by atoms with Gasteiger partial charge in [-0.15, -0.1) is 0 Å². The largest absolute Gasteiger partial charge is 0.382 e. The maximum atomic E-state index is 11.9.